The first-order valence-corrected chi connectivity index (χ1v) is 7.83. The molecule has 0 radical (unpaired) electrons. The summed E-state index contributed by atoms with van der Waals surface area (Å²) in [5, 5.41) is 0. The van der Waals surface area contributed by atoms with Gasteiger partial charge in [-0.15, -0.1) is 0 Å². The van der Waals surface area contributed by atoms with Crippen molar-refractivity contribution in [2.24, 2.45) is 0 Å². The van der Waals surface area contributed by atoms with E-state index in [1.54, 1.807) is 19.3 Å². The van der Waals surface area contributed by atoms with Crippen molar-refractivity contribution in [3.05, 3.63) is 59.7 Å². The summed E-state index contributed by atoms with van der Waals surface area (Å²) >= 11 is 0. The molecule has 4 nitrogen and oxygen atoms in total. The number of carbonyl (C=O) groups excluding carboxylic acids is 1. The van der Waals surface area contributed by atoms with Crippen LogP contribution in [0.3, 0.4) is 0 Å². The van der Waals surface area contributed by atoms with E-state index in [0.29, 0.717) is 5.92 Å². The molecule has 1 aliphatic heterocycles. The maximum atomic E-state index is 11.6. The first-order valence-electron chi connectivity index (χ1n) is 7.83. The minimum absolute atomic E-state index is 0.151. The van der Waals surface area contributed by atoms with Gasteiger partial charge in [-0.2, -0.15) is 0 Å². The van der Waals surface area contributed by atoms with E-state index in [9.17, 15) is 4.79 Å². The topological polar surface area (TPSA) is 46.1 Å². The van der Waals surface area contributed by atoms with Crippen molar-refractivity contribution in [2.45, 2.75) is 32.1 Å². The summed E-state index contributed by atoms with van der Waals surface area (Å²) < 4.78 is 0. The third kappa shape index (κ3) is 3.32. The molecule has 1 unspecified atom stereocenters. The fourth-order valence-electron chi connectivity index (χ4n) is 3.13. The lowest BCUT2D eigenvalue weighted by Crippen LogP contribution is -2.38. The lowest BCUT2D eigenvalue weighted by Gasteiger charge is -2.32. The second-order valence-electron chi connectivity index (χ2n) is 5.85. The van der Waals surface area contributed by atoms with Gasteiger partial charge in [0.15, 0.2) is 0 Å². The van der Waals surface area contributed by atoms with Crippen LogP contribution >= 0.6 is 0 Å². The van der Waals surface area contributed by atoms with Crippen molar-refractivity contribution in [1.29, 1.82) is 0 Å². The summed E-state index contributed by atoms with van der Waals surface area (Å²) in [6, 6.07) is 10.3. The van der Waals surface area contributed by atoms with Gasteiger partial charge in [-0.1, -0.05) is 30.3 Å². The van der Waals surface area contributed by atoms with Gasteiger partial charge in [-0.3, -0.25) is 14.8 Å². The van der Waals surface area contributed by atoms with Gasteiger partial charge in [-0.05, 0) is 18.4 Å². The molecule has 0 aliphatic carbocycles. The van der Waals surface area contributed by atoms with Gasteiger partial charge < -0.3 is 4.90 Å². The monoisotopic (exact) mass is 295 g/mol. The van der Waals surface area contributed by atoms with E-state index in [0.717, 1.165) is 43.7 Å². The molecule has 1 atom stereocenters. The molecule has 1 saturated heterocycles. The van der Waals surface area contributed by atoms with Gasteiger partial charge in [0.1, 0.15) is 0 Å². The van der Waals surface area contributed by atoms with Gasteiger partial charge in [0.25, 0.3) is 0 Å². The van der Waals surface area contributed by atoms with Crippen LogP contribution in [0.5, 0.6) is 0 Å². The van der Waals surface area contributed by atoms with Crippen LogP contribution in [-0.4, -0.2) is 33.9 Å². The summed E-state index contributed by atoms with van der Waals surface area (Å²) in [6.07, 6.45) is 6.42. The molecule has 1 fully saturated rings. The smallest absolute Gasteiger partial charge is 0.219 e. The molecule has 1 aliphatic rings. The van der Waals surface area contributed by atoms with E-state index >= 15 is 0 Å². The second kappa shape index (κ2) is 6.69. The molecule has 0 spiro atoms. The Labute approximate surface area is 131 Å². The van der Waals surface area contributed by atoms with Crippen LogP contribution in [0.2, 0.25) is 0 Å². The third-order valence-electron chi connectivity index (χ3n) is 4.27. The van der Waals surface area contributed by atoms with Crippen LogP contribution in [0.15, 0.2) is 42.7 Å². The number of hydrogen-bond donors (Lipinski definition) is 0. The van der Waals surface area contributed by atoms with Crippen molar-refractivity contribution in [1.82, 2.24) is 14.9 Å². The Balaban J connectivity index is 1.83. The molecule has 1 aromatic heterocycles. The number of amides is 1. The van der Waals surface area contributed by atoms with Crippen molar-refractivity contribution < 1.29 is 4.79 Å². The summed E-state index contributed by atoms with van der Waals surface area (Å²) in [5.74, 6) is 0.447. The second-order valence-corrected chi connectivity index (χ2v) is 5.85. The van der Waals surface area contributed by atoms with Crippen LogP contribution in [0.25, 0.3) is 0 Å². The molecule has 0 N–H and O–H groups in total. The largest absolute Gasteiger partial charge is 0.342 e. The predicted octanol–water partition coefficient (Wildman–Crippen LogP) is 2.79. The molecular formula is C18H21N3O. The minimum atomic E-state index is 0.151. The molecule has 4 heteroatoms. The minimum Gasteiger partial charge on any atom is -0.342 e. The van der Waals surface area contributed by atoms with Crippen LogP contribution in [-0.2, 0) is 11.2 Å². The molecule has 0 saturated carbocycles. The molecule has 3 rings (SSSR count). The van der Waals surface area contributed by atoms with Crippen molar-refractivity contribution >= 4 is 5.91 Å². The number of aromatic nitrogens is 2. The lowest BCUT2D eigenvalue weighted by molar-refractivity contribution is -0.130. The maximum absolute atomic E-state index is 11.6. The number of benzene rings is 1. The Hall–Kier alpha value is -2.23. The Kier molecular flexibility index (Phi) is 4.47. The maximum Gasteiger partial charge on any atom is 0.219 e. The quantitative estimate of drug-likeness (QED) is 0.874. The number of rotatable bonds is 3. The summed E-state index contributed by atoms with van der Waals surface area (Å²) in [6.45, 7) is 3.26. The van der Waals surface area contributed by atoms with Crippen molar-refractivity contribution in [3.8, 4) is 0 Å². The summed E-state index contributed by atoms with van der Waals surface area (Å²) in [5.41, 5.74) is 3.32. The van der Waals surface area contributed by atoms with Crippen LogP contribution < -0.4 is 0 Å². The molecule has 22 heavy (non-hydrogen) atoms. The first-order chi connectivity index (χ1) is 10.7. The van der Waals surface area contributed by atoms with Gasteiger partial charge in [0.2, 0.25) is 5.91 Å². The van der Waals surface area contributed by atoms with Crippen molar-refractivity contribution in [3.63, 3.8) is 0 Å². The van der Waals surface area contributed by atoms with E-state index < -0.39 is 0 Å². The molecule has 1 aromatic carbocycles. The Morgan fingerprint density at radius 2 is 2.00 bits per heavy atom. The Morgan fingerprint density at radius 1 is 1.23 bits per heavy atom. The Morgan fingerprint density at radius 3 is 2.77 bits per heavy atom. The van der Waals surface area contributed by atoms with E-state index in [1.165, 1.54) is 5.56 Å². The number of nitrogens with zero attached hydrogens (tertiary/aromatic N) is 3. The van der Waals surface area contributed by atoms with Gasteiger partial charge in [0, 0.05) is 44.7 Å². The van der Waals surface area contributed by atoms with Crippen molar-refractivity contribution in [2.75, 3.05) is 13.1 Å². The lowest BCUT2D eigenvalue weighted by atomic mass is 9.91. The SMILES string of the molecule is CC(=O)N1CCCC(c2nccnc2Cc2ccccc2)C1. The highest BCUT2D eigenvalue weighted by Gasteiger charge is 2.26. The standard InChI is InChI=1S/C18H21N3O/c1-14(22)21-11-5-8-16(13-21)18-17(19-9-10-20-18)12-15-6-3-2-4-7-15/h2-4,6-7,9-10,16H,5,8,11-13H2,1H3. The highest BCUT2D eigenvalue weighted by Crippen LogP contribution is 2.28. The van der Waals surface area contributed by atoms with Crippen LogP contribution in [0.1, 0.15) is 42.6 Å². The summed E-state index contributed by atoms with van der Waals surface area (Å²) in [4.78, 5) is 22.7. The Bertz CT molecular complexity index is 642. The summed E-state index contributed by atoms with van der Waals surface area (Å²) in [7, 11) is 0. The zero-order valence-corrected chi connectivity index (χ0v) is 12.9. The number of likely N-dealkylation sites (tertiary alicyclic amines) is 1. The molecule has 0 bridgehead atoms. The third-order valence-corrected chi connectivity index (χ3v) is 4.27. The van der Waals surface area contributed by atoms with Crippen LogP contribution in [0.4, 0.5) is 0 Å². The number of carbonyl (C=O) groups is 1. The molecule has 1 amide bonds. The zero-order valence-electron chi connectivity index (χ0n) is 12.9. The highest BCUT2D eigenvalue weighted by molar-refractivity contribution is 5.73. The molecule has 2 aromatic rings. The molecule has 2 heterocycles. The highest BCUT2D eigenvalue weighted by atomic mass is 16.2. The fraction of sp³-hybridized carbons (Fsp3) is 0.389. The van der Waals surface area contributed by atoms with Crippen LogP contribution in [0, 0.1) is 0 Å². The van der Waals surface area contributed by atoms with E-state index in [4.69, 9.17) is 0 Å². The average molecular weight is 295 g/mol. The molecule has 114 valence electrons. The van der Waals surface area contributed by atoms with E-state index in [1.807, 2.05) is 23.1 Å². The van der Waals surface area contributed by atoms with Gasteiger partial charge in [-0.25, -0.2) is 0 Å². The van der Waals surface area contributed by atoms with Gasteiger partial charge in [0.05, 0.1) is 11.4 Å². The predicted molar refractivity (Wildman–Crippen MR) is 85.5 cm³/mol. The van der Waals surface area contributed by atoms with Gasteiger partial charge >= 0.3 is 0 Å². The molecular weight excluding hydrogens is 274 g/mol. The first kappa shape index (κ1) is 14.7. The fourth-order valence-corrected chi connectivity index (χ4v) is 3.13. The zero-order chi connectivity index (χ0) is 15.4. The number of hydrogen-bond acceptors (Lipinski definition) is 3. The van der Waals surface area contributed by atoms with E-state index in [2.05, 4.69) is 22.1 Å². The average Bonchev–Trinajstić information content (AvgIpc) is 2.56. The normalized spacial score (nSPS) is 18.2. The number of piperidine rings is 1. The van der Waals surface area contributed by atoms with E-state index in [-0.39, 0.29) is 5.91 Å².